The van der Waals surface area contributed by atoms with E-state index in [0.29, 0.717) is 12.4 Å². The number of carbonyl (C=O) groups excluding carboxylic acids is 1. The van der Waals surface area contributed by atoms with Gasteiger partial charge in [-0.15, -0.1) is 0 Å². The minimum absolute atomic E-state index is 0.185. The van der Waals surface area contributed by atoms with E-state index in [0.717, 1.165) is 23.0 Å². The fourth-order valence-corrected chi connectivity index (χ4v) is 2.31. The molecule has 3 rings (SSSR count). The van der Waals surface area contributed by atoms with Crippen LogP contribution in [0.4, 0.5) is 14.6 Å². The average Bonchev–Trinajstić information content (AvgIpc) is 2.58. The molecule has 0 aliphatic rings. The highest BCUT2D eigenvalue weighted by atomic mass is 19.1. The van der Waals surface area contributed by atoms with Crippen LogP contribution in [0.25, 0.3) is 10.9 Å². The van der Waals surface area contributed by atoms with Gasteiger partial charge in [-0.2, -0.15) is 0 Å². The molecule has 0 saturated heterocycles. The van der Waals surface area contributed by atoms with Gasteiger partial charge in [0.15, 0.2) is 0 Å². The molecule has 0 aliphatic heterocycles. The fraction of sp³-hybridized carbons (Fsp3) is 0.118. The van der Waals surface area contributed by atoms with Crippen LogP contribution >= 0.6 is 0 Å². The lowest BCUT2D eigenvalue weighted by Crippen LogP contribution is -2.30. The van der Waals surface area contributed by atoms with E-state index in [4.69, 9.17) is 0 Å². The molecule has 0 bridgehead atoms. The summed E-state index contributed by atoms with van der Waals surface area (Å²) >= 11 is 0. The Hall–Kier alpha value is -3.09. The Morgan fingerprint density at radius 3 is 2.50 bits per heavy atom. The third-order valence-corrected chi connectivity index (χ3v) is 3.44. The summed E-state index contributed by atoms with van der Waals surface area (Å²) < 4.78 is 27.0. The van der Waals surface area contributed by atoms with Crippen LogP contribution in [0.2, 0.25) is 0 Å². The van der Waals surface area contributed by atoms with Crippen LogP contribution in [0, 0.1) is 11.6 Å². The summed E-state index contributed by atoms with van der Waals surface area (Å²) in [6, 6.07) is 10.8. The molecule has 0 atom stereocenters. The van der Waals surface area contributed by atoms with Crippen molar-refractivity contribution in [3.63, 3.8) is 0 Å². The molecule has 5 nitrogen and oxygen atoms in total. The number of fused-ring (bicyclic) bond motifs is 1. The number of anilines is 1. The number of amides is 1. The summed E-state index contributed by atoms with van der Waals surface area (Å²) in [7, 11) is 0. The first-order valence-corrected chi connectivity index (χ1v) is 7.32. The molecule has 3 aromatic rings. The predicted molar refractivity (Wildman–Crippen MR) is 86.7 cm³/mol. The van der Waals surface area contributed by atoms with E-state index in [-0.39, 0.29) is 6.54 Å². The highest BCUT2D eigenvalue weighted by molar-refractivity contribution is 5.94. The second-order valence-electron chi connectivity index (χ2n) is 5.02. The first kappa shape index (κ1) is 15.8. The smallest absolute Gasteiger partial charge is 0.257 e. The molecule has 1 amide bonds. The van der Waals surface area contributed by atoms with Crippen LogP contribution in [0.15, 0.2) is 48.8 Å². The Labute approximate surface area is 136 Å². The molecule has 0 radical (unpaired) electrons. The quantitative estimate of drug-likeness (QED) is 0.707. The number of carbonyl (C=O) groups is 1. The number of nitrogens with one attached hydrogen (secondary N) is 2. The van der Waals surface area contributed by atoms with Gasteiger partial charge in [0.2, 0.25) is 0 Å². The molecule has 1 aromatic heterocycles. The monoisotopic (exact) mass is 328 g/mol. The van der Waals surface area contributed by atoms with Crippen molar-refractivity contribution in [2.75, 3.05) is 18.4 Å². The molecule has 0 unspecified atom stereocenters. The molecule has 1 heterocycles. The van der Waals surface area contributed by atoms with Gasteiger partial charge in [0.1, 0.15) is 29.3 Å². The number of aromatic nitrogens is 2. The van der Waals surface area contributed by atoms with Gasteiger partial charge in [0, 0.05) is 18.5 Å². The topological polar surface area (TPSA) is 66.9 Å². The van der Waals surface area contributed by atoms with Gasteiger partial charge >= 0.3 is 0 Å². The lowest BCUT2D eigenvalue weighted by atomic mass is 10.2. The van der Waals surface area contributed by atoms with Crippen LogP contribution in [-0.2, 0) is 0 Å². The lowest BCUT2D eigenvalue weighted by Gasteiger charge is -2.10. The molecule has 0 spiro atoms. The van der Waals surface area contributed by atoms with Crippen molar-refractivity contribution >= 4 is 22.6 Å². The van der Waals surface area contributed by atoms with Crippen LogP contribution < -0.4 is 10.6 Å². The van der Waals surface area contributed by atoms with Gasteiger partial charge in [-0.05, 0) is 24.3 Å². The largest absolute Gasteiger partial charge is 0.368 e. The van der Waals surface area contributed by atoms with Gasteiger partial charge in [-0.3, -0.25) is 4.79 Å². The zero-order chi connectivity index (χ0) is 16.9. The van der Waals surface area contributed by atoms with E-state index in [1.807, 2.05) is 24.3 Å². The Bertz CT molecular complexity index is 860. The van der Waals surface area contributed by atoms with Crippen LogP contribution in [0.1, 0.15) is 10.4 Å². The van der Waals surface area contributed by atoms with Gasteiger partial charge in [0.25, 0.3) is 5.91 Å². The maximum atomic E-state index is 13.5. The van der Waals surface area contributed by atoms with Crippen molar-refractivity contribution in [1.82, 2.24) is 15.3 Å². The molecule has 0 saturated carbocycles. The van der Waals surface area contributed by atoms with Gasteiger partial charge in [-0.25, -0.2) is 18.7 Å². The first-order valence-electron chi connectivity index (χ1n) is 7.32. The number of para-hydroxylation sites is 1. The summed E-state index contributed by atoms with van der Waals surface area (Å²) in [5.41, 5.74) is 0.220. The highest BCUT2D eigenvalue weighted by Gasteiger charge is 2.16. The number of hydrogen-bond acceptors (Lipinski definition) is 4. The van der Waals surface area contributed by atoms with E-state index in [2.05, 4.69) is 20.6 Å². The third kappa shape index (κ3) is 3.29. The zero-order valence-corrected chi connectivity index (χ0v) is 12.6. The molecular weight excluding hydrogens is 314 g/mol. The van der Waals surface area contributed by atoms with Gasteiger partial charge in [-0.1, -0.05) is 18.2 Å². The van der Waals surface area contributed by atoms with Crippen LogP contribution in [0.3, 0.4) is 0 Å². The van der Waals surface area contributed by atoms with E-state index in [1.54, 1.807) is 0 Å². The number of halogens is 2. The van der Waals surface area contributed by atoms with Crippen molar-refractivity contribution < 1.29 is 13.6 Å². The SMILES string of the molecule is O=C(NCCNc1ncnc2ccccc12)c1c(F)cccc1F. The molecular formula is C17H14F2N4O. The number of nitrogens with zero attached hydrogens (tertiary/aromatic N) is 2. The predicted octanol–water partition coefficient (Wildman–Crippen LogP) is 2.75. The number of rotatable bonds is 5. The minimum Gasteiger partial charge on any atom is -0.368 e. The number of hydrogen-bond donors (Lipinski definition) is 2. The molecule has 24 heavy (non-hydrogen) atoms. The Kier molecular flexibility index (Phi) is 4.60. The van der Waals surface area contributed by atoms with Crippen molar-refractivity contribution in [1.29, 1.82) is 0 Å². The fourth-order valence-electron chi connectivity index (χ4n) is 2.31. The van der Waals surface area contributed by atoms with Gasteiger partial charge < -0.3 is 10.6 Å². The molecule has 7 heteroatoms. The summed E-state index contributed by atoms with van der Waals surface area (Å²) in [6.45, 7) is 0.535. The summed E-state index contributed by atoms with van der Waals surface area (Å²) in [5.74, 6) is -1.93. The van der Waals surface area contributed by atoms with Crippen molar-refractivity contribution in [3.05, 3.63) is 66.0 Å². The minimum atomic E-state index is -0.887. The molecule has 2 aromatic carbocycles. The number of benzene rings is 2. The lowest BCUT2D eigenvalue weighted by molar-refractivity contribution is 0.0946. The van der Waals surface area contributed by atoms with E-state index in [9.17, 15) is 13.6 Å². The standard InChI is InChI=1S/C17H14F2N4O/c18-12-5-3-6-13(19)15(12)17(24)21-9-8-20-16-11-4-1-2-7-14(11)22-10-23-16/h1-7,10H,8-9H2,(H,21,24)(H,20,22,23). The van der Waals surface area contributed by atoms with Crippen LogP contribution in [0.5, 0.6) is 0 Å². The Morgan fingerprint density at radius 1 is 0.958 bits per heavy atom. The second kappa shape index (κ2) is 6.99. The van der Waals surface area contributed by atoms with E-state index >= 15 is 0 Å². The Balaban J connectivity index is 1.60. The second-order valence-corrected chi connectivity index (χ2v) is 5.02. The Morgan fingerprint density at radius 2 is 1.71 bits per heavy atom. The maximum absolute atomic E-state index is 13.5. The van der Waals surface area contributed by atoms with Crippen LogP contribution in [-0.4, -0.2) is 29.0 Å². The van der Waals surface area contributed by atoms with E-state index < -0.39 is 23.1 Å². The maximum Gasteiger partial charge on any atom is 0.257 e. The van der Waals surface area contributed by atoms with Crippen molar-refractivity contribution in [2.24, 2.45) is 0 Å². The average molecular weight is 328 g/mol. The first-order chi connectivity index (χ1) is 11.7. The summed E-state index contributed by atoms with van der Waals surface area (Å²) in [4.78, 5) is 20.2. The zero-order valence-electron chi connectivity index (χ0n) is 12.6. The van der Waals surface area contributed by atoms with Crippen molar-refractivity contribution in [3.8, 4) is 0 Å². The molecule has 0 aliphatic carbocycles. The van der Waals surface area contributed by atoms with Crippen molar-refractivity contribution in [2.45, 2.75) is 0 Å². The highest BCUT2D eigenvalue weighted by Crippen LogP contribution is 2.17. The molecule has 122 valence electrons. The summed E-state index contributed by atoms with van der Waals surface area (Å²) in [5, 5.41) is 6.40. The van der Waals surface area contributed by atoms with Gasteiger partial charge in [0.05, 0.1) is 5.52 Å². The normalized spacial score (nSPS) is 10.6. The molecule has 2 N–H and O–H groups in total. The van der Waals surface area contributed by atoms with E-state index in [1.165, 1.54) is 12.4 Å². The molecule has 0 fully saturated rings. The third-order valence-electron chi connectivity index (χ3n) is 3.44. The summed E-state index contributed by atoms with van der Waals surface area (Å²) in [6.07, 6.45) is 1.44.